The Morgan fingerprint density at radius 2 is 1.96 bits per heavy atom. The van der Waals surface area contributed by atoms with E-state index in [0.29, 0.717) is 12.2 Å². The van der Waals surface area contributed by atoms with Gasteiger partial charge in [-0.2, -0.15) is 0 Å². The molecule has 3 aromatic heterocycles. The minimum Gasteiger partial charge on any atom is -0.497 e. The van der Waals surface area contributed by atoms with Gasteiger partial charge in [-0.15, -0.1) is 0 Å². The summed E-state index contributed by atoms with van der Waals surface area (Å²) in [5.41, 5.74) is 2.98. The number of benzene rings is 1. The lowest BCUT2D eigenvalue weighted by atomic mass is 10.2. The Morgan fingerprint density at radius 3 is 2.79 bits per heavy atom. The van der Waals surface area contributed by atoms with Gasteiger partial charge >= 0.3 is 0 Å². The van der Waals surface area contributed by atoms with E-state index >= 15 is 0 Å². The summed E-state index contributed by atoms with van der Waals surface area (Å²) in [6.45, 7) is 0.843. The highest BCUT2D eigenvalue weighted by Gasteiger charge is 2.14. The highest BCUT2D eigenvalue weighted by atomic mass is 16.5. The van der Waals surface area contributed by atoms with Crippen molar-refractivity contribution in [2.45, 2.75) is 13.1 Å². The fourth-order valence-corrected chi connectivity index (χ4v) is 3.01. The Hall–Kier alpha value is -3.74. The zero-order valence-corrected chi connectivity index (χ0v) is 15.4. The Morgan fingerprint density at radius 1 is 1.07 bits per heavy atom. The van der Waals surface area contributed by atoms with Gasteiger partial charge in [0.15, 0.2) is 5.65 Å². The third-order valence-electron chi connectivity index (χ3n) is 4.36. The smallest absolute Gasteiger partial charge is 0.270 e. The Kier molecular flexibility index (Phi) is 4.97. The normalized spacial score (nSPS) is 10.8. The molecular weight excluding hydrogens is 354 g/mol. The Balaban J connectivity index is 1.62. The van der Waals surface area contributed by atoms with Crippen molar-refractivity contribution in [2.24, 2.45) is 0 Å². The maximum absolute atomic E-state index is 12.3. The number of carbonyl (C=O) groups is 1. The van der Waals surface area contributed by atoms with Crippen LogP contribution < -0.4 is 10.1 Å². The minimum atomic E-state index is -0.242. The molecule has 0 fully saturated rings. The molecule has 0 aliphatic rings. The number of carbonyl (C=O) groups excluding carboxylic acids is 1. The number of amides is 1. The van der Waals surface area contributed by atoms with Gasteiger partial charge in [0.25, 0.3) is 5.91 Å². The molecule has 0 aliphatic heterocycles. The highest BCUT2D eigenvalue weighted by Crippen LogP contribution is 2.19. The van der Waals surface area contributed by atoms with E-state index in [4.69, 9.17) is 4.74 Å². The predicted molar refractivity (Wildman–Crippen MR) is 105 cm³/mol. The summed E-state index contributed by atoms with van der Waals surface area (Å²) in [7, 11) is 1.64. The van der Waals surface area contributed by atoms with Crippen LogP contribution in [0.4, 0.5) is 0 Å². The van der Waals surface area contributed by atoms with Gasteiger partial charge in [0.1, 0.15) is 22.8 Å². The highest BCUT2D eigenvalue weighted by molar-refractivity contribution is 5.92. The first-order valence-corrected chi connectivity index (χ1v) is 8.87. The van der Waals surface area contributed by atoms with Gasteiger partial charge in [0, 0.05) is 12.4 Å². The van der Waals surface area contributed by atoms with E-state index in [0.717, 1.165) is 28.3 Å². The fourth-order valence-electron chi connectivity index (χ4n) is 3.01. The third-order valence-corrected chi connectivity index (χ3v) is 4.36. The van der Waals surface area contributed by atoms with Crippen molar-refractivity contribution in [3.05, 3.63) is 84.1 Å². The number of ether oxygens (including phenoxy) is 1. The van der Waals surface area contributed by atoms with Crippen molar-refractivity contribution in [1.82, 2.24) is 24.8 Å². The Bertz CT molecular complexity index is 1110. The van der Waals surface area contributed by atoms with Gasteiger partial charge in [-0.3, -0.25) is 9.78 Å². The zero-order valence-electron chi connectivity index (χ0n) is 15.4. The first kappa shape index (κ1) is 17.7. The molecule has 0 atom stereocenters. The maximum Gasteiger partial charge on any atom is 0.270 e. The second kappa shape index (κ2) is 7.87. The van der Waals surface area contributed by atoms with Crippen LogP contribution >= 0.6 is 0 Å². The number of methoxy groups -OCH3 is 1. The molecule has 7 nitrogen and oxygen atoms in total. The summed E-state index contributed by atoms with van der Waals surface area (Å²) in [4.78, 5) is 25.5. The van der Waals surface area contributed by atoms with Crippen LogP contribution in [0.3, 0.4) is 0 Å². The summed E-state index contributed by atoms with van der Waals surface area (Å²) in [5.74, 6) is 1.27. The number of nitrogens with one attached hydrogen (secondary N) is 1. The zero-order chi connectivity index (χ0) is 19.3. The lowest BCUT2D eigenvalue weighted by Gasteiger charge is -2.11. The molecule has 1 amide bonds. The number of imidazole rings is 1. The number of hydrogen-bond donors (Lipinski definition) is 1. The molecule has 7 heteroatoms. The van der Waals surface area contributed by atoms with E-state index < -0.39 is 0 Å². The topological polar surface area (TPSA) is 81.9 Å². The van der Waals surface area contributed by atoms with E-state index in [1.54, 1.807) is 37.7 Å². The SMILES string of the molecule is COc1cccc(Cn2c(CNC(=O)c3ccccn3)nc3cccnc32)c1. The van der Waals surface area contributed by atoms with Crippen molar-refractivity contribution < 1.29 is 9.53 Å². The average molecular weight is 373 g/mol. The molecule has 0 aliphatic carbocycles. The van der Waals surface area contributed by atoms with Crippen molar-refractivity contribution in [3.63, 3.8) is 0 Å². The molecule has 0 saturated carbocycles. The van der Waals surface area contributed by atoms with Crippen LogP contribution in [0, 0.1) is 0 Å². The van der Waals surface area contributed by atoms with Gasteiger partial charge in [-0.05, 0) is 42.0 Å². The molecule has 0 unspecified atom stereocenters. The van der Waals surface area contributed by atoms with Crippen LogP contribution in [0.15, 0.2) is 67.0 Å². The van der Waals surface area contributed by atoms with E-state index in [1.165, 1.54) is 0 Å². The molecule has 4 aromatic rings. The molecule has 0 radical (unpaired) electrons. The summed E-state index contributed by atoms with van der Waals surface area (Å²) in [6.07, 6.45) is 3.33. The second-order valence-corrected chi connectivity index (χ2v) is 6.21. The van der Waals surface area contributed by atoms with E-state index in [1.807, 2.05) is 41.0 Å². The fraction of sp³-hybridized carbons (Fsp3) is 0.143. The molecule has 4 rings (SSSR count). The van der Waals surface area contributed by atoms with Gasteiger partial charge < -0.3 is 14.6 Å². The number of fused-ring (bicyclic) bond motifs is 1. The van der Waals surface area contributed by atoms with Gasteiger partial charge in [0.2, 0.25) is 0 Å². The van der Waals surface area contributed by atoms with E-state index in [9.17, 15) is 4.79 Å². The van der Waals surface area contributed by atoms with Crippen molar-refractivity contribution in [1.29, 1.82) is 0 Å². The second-order valence-electron chi connectivity index (χ2n) is 6.21. The molecule has 1 aromatic carbocycles. The minimum absolute atomic E-state index is 0.242. The van der Waals surface area contributed by atoms with Gasteiger partial charge in [-0.1, -0.05) is 18.2 Å². The van der Waals surface area contributed by atoms with Crippen molar-refractivity contribution >= 4 is 17.1 Å². The van der Waals surface area contributed by atoms with Crippen LogP contribution in [0.5, 0.6) is 5.75 Å². The molecule has 1 N–H and O–H groups in total. The molecule has 28 heavy (non-hydrogen) atoms. The van der Waals surface area contributed by atoms with Crippen molar-refractivity contribution in [3.8, 4) is 5.75 Å². The van der Waals surface area contributed by atoms with E-state index in [2.05, 4.69) is 20.3 Å². The van der Waals surface area contributed by atoms with Gasteiger partial charge in [-0.25, -0.2) is 9.97 Å². The number of hydrogen-bond acceptors (Lipinski definition) is 5. The first-order valence-electron chi connectivity index (χ1n) is 8.87. The Labute approximate surface area is 162 Å². The summed E-state index contributed by atoms with van der Waals surface area (Å²) < 4.78 is 7.32. The van der Waals surface area contributed by atoms with Gasteiger partial charge in [0.05, 0.1) is 20.2 Å². The van der Waals surface area contributed by atoms with Crippen LogP contribution in [0.1, 0.15) is 21.9 Å². The molecule has 0 spiro atoms. The number of rotatable bonds is 6. The molecule has 3 heterocycles. The summed E-state index contributed by atoms with van der Waals surface area (Å²) in [5, 5.41) is 2.89. The van der Waals surface area contributed by atoms with Crippen molar-refractivity contribution in [2.75, 3.05) is 7.11 Å². The molecule has 0 bridgehead atoms. The first-order chi connectivity index (χ1) is 13.7. The van der Waals surface area contributed by atoms with Crippen LogP contribution in [0.2, 0.25) is 0 Å². The monoisotopic (exact) mass is 373 g/mol. The largest absolute Gasteiger partial charge is 0.497 e. The predicted octanol–water partition coefficient (Wildman–Crippen LogP) is 2.81. The standard InChI is InChI=1S/C21H19N5O2/c1-28-16-7-4-6-15(12-16)14-26-19(25-17-9-5-11-23-20(17)26)13-24-21(27)18-8-2-3-10-22-18/h2-12H,13-14H2,1H3,(H,24,27). The summed E-state index contributed by atoms with van der Waals surface area (Å²) >= 11 is 0. The van der Waals surface area contributed by atoms with Crippen LogP contribution in [-0.2, 0) is 13.1 Å². The average Bonchev–Trinajstić information content (AvgIpc) is 3.10. The maximum atomic E-state index is 12.3. The third kappa shape index (κ3) is 3.68. The number of aromatic nitrogens is 4. The lowest BCUT2D eigenvalue weighted by molar-refractivity contribution is 0.0944. The molecule has 0 saturated heterocycles. The molecule has 140 valence electrons. The summed E-state index contributed by atoms with van der Waals surface area (Å²) in [6, 6.07) is 16.8. The molecular formula is C21H19N5O2. The number of nitrogens with zero attached hydrogens (tertiary/aromatic N) is 4. The van der Waals surface area contributed by atoms with Crippen LogP contribution in [0.25, 0.3) is 11.2 Å². The lowest BCUT2D eigenvalue weighted by Crippen LogP contribution is -2.25. The van der Waals surface area contributed by atoms with E-state index in [-0.39, 0.29) is 12.5 Å². The number of pyridine rings is 2. The quantitative estimate of drug-likeness (QED) is 0.562. The van der Waals surface area contributed by atoms with Crippen LogP contribution in [-0.4, -0.2) is 32.5 Å².